The third-order valence-corrected chi connectivity index (χ3v) is 4.82. The van der Waals surface area contributed by atoms with Crippen LogP contribution in [0.5, 0.6) is 17.2 Å². The summed E-state index contributed by atoms with van der Waals surface area (Å²) in [7, 11) is 4.31. The SMILES string of the molecule is COc1cc(C(=O)NNC(=O)CC(C)(C)CC(=O)Nc2ccc(C#N)cc2)cc(OC)c1OC. The normalized spacial score (nSPS) is 10.5. The lowest BCUT2D eigenvalue weighted by Gasteiger charge is -2.23. The summed E-state index contributed by atoms with van der Waals surface area (Å²) >= 11 is 0. The highest BCUT2D eigenvalue weighted by Crippen LogP contribution is 2.38. The molecule has 2 aromatic rings. The van der Waals surface area contributed by atoms with Gasteiger partial charge in [0.15, 0.2) is 11.5 Å². The second kappa shape index (κ2) is 11.6. The van der Waals surface area contributed by atoms with Crippen LogP contribution in [0.2, 0.25) is 0 Å². The van der Waals surface area contributed by atoms with Crippen molar-refractivity contribution in [1.29, 1.82) is 5.26 Å². The van der Waals surface area contributed by atoms with Crippen LogP contribution in [0.15, 0.2) is 36.4 Å². The molecule has 0 atom stereocenters. The quantitative estimate of drug-likeness (QED) is 0.481. The monoisotopic (exact) mass is 468 g/mol. The zero-order valence-corrected chi connectivity index (χ0v) is 19.8. The Bertz CT molecular complexity index is 1060. The molecule has 3 N–H and O–H groups in total. The first kappa shape index (κ1) is 26.0. The van der Waals surface area contributed by atoms with E-state index in [2.05, 4.69) is 16.2 Å². The Morgan fingerprint density at radius 2 is 1.44 bits per heavy atom. The summed E-state index contributed by atoms with van der Waals surface area (Å²) in [5.74, 6) is -0.378. The van der Waals surface area contributed by atoms with Gasteiger partial charge in [-0.05, 0) is 41.8 Å². The predicted octanol–water partition coefficient (Wildman–Crippen LogP) is 2.79. The fourth-order valence-corrected chi connectivity index (χ4v) is 3.22. The lowest BCUT2D eigenvalue weighted by atomic mass is 9.85. The molecule has 2 rings (SSSR count). The molecule has 3 amide bonds. The van der Waals surface area contributed by atoms with E-state index in [0.717, 1.165) is 0 Å². The summed E-state index contributed by atoms with van der Waals surface area (Å²) in [4.78, 5) is 37.3. The highest BCUT2D eigenvalue weighted by atomic mass is 16.5. The van der Waals surface area contributed by atoms with Crippen molar-refractivity contribution >= 4 is 23.4 Å². The molecular formula is C24H28N4O6. The first-order valence-corrected chi connectivity index (χ1v) is 10.3. The minimum absolute atomic E-state index is 0.0106. The highest BCUT2D eigenvalue weighted by molar-refractivity contribution is 5.97. The van der Waals surface area contributed by atoms with Gasteiger partial charge in [-0.1, -0.05) is 13.8 Å². The van der Waals surface area contributed by atoms with Crippen LogP contribution in [0.3, 0.4) is 0 Å². The second-order valence-electron chi connectivity index (χ2n) is 8.17. The van der Waals surface area contributed by atoms with Crippen LogP contribution >= 0.6 is 0 Å². The summed E-state index contributed by atoms with van der Waals surface area (Å²) in [6.45, 7) is 3.54. The second-order valence-corrected chi connectivity index (χ2v) is 8.17. The molecule has 0 saturated heterocycles. The first-order chi connectivity index (χ1) is 16.1. The predicted molar refractivity (Wildman–Crippen MR) is 125 cm³/mol. The van der Waals surface area contributed by atoms with Gasteiger partial charge in [0, 0.05) is 24.1 Å². The van der Waals surface area contributed by atoms with Crippen molar-refractivity contribution in [3.63, 3.8) is 0 Å². The highest BCUT2D eigenvalue weighted by Gasteiger charge is 2.26. The summed E-state index contributed by atoms with van der Waals surface area (Å²) in [6, 6.07) is 11.4. The number of methoxy groups -OCH3 is 3. The van der Waals surface area contributed by atoms with Gasteiger partial charge in [-0.2, -0.15) is 5.26 Å². The molecular weight excluding hydrogens is 440 g/mol. The molecule has 0 aliphatic heterocycles. The maximum atomic E-state index is 12.5. The van der Waals surface area contributed by atoms with Crippen LogP contribution in [0, 0.1) is 16.7 Å². The minimum Gasteiger partial charge on any atom is -0.493 e. The van der Waals surface area contributed by atoms with Crippen molar-refractivity contribution in [2.45, 2.75) is 26.7 Å². The fourth-order valence-electron chi connectivity index (χ4n) is 3.22. The van der Waals surface area contributed by atoms with E-state index >= 15 is 0 Å². The molecule has 0 aliphatic carbocycles. The number of carbonyl (C=O) groups excluding carboxylic acids is 3. The fraction of sp³-hybridized carbons (Fsp3) is 0.333. The molecule has 0 aliphatic rings. The van der Waals surface area contributed by atoms with E-state index in [1.807, 2.05) is 6.07 Å². The van der Waals surface area contributed by atoms with Crippen LogP contribution in [0.4, 0.5) is 5.69 Å². The van der Waals surface area contributed by atoms with E-state index in [9.17, 15) is 14.4 Å². The number of carbonyl (C=O) groups is 3. The average molecular weight is 469 g/mol. The average Bonchev–Trinajstić information content (AvgIpc) is 2.81. The molecule has 0 bridgehead atoms. The Kier molecular flexibility index (Phi) is 8.84. The number of nitrogens with zero attached hydrogens (tertiary/aromatic N) is 1. The number of benzene rings is 2. The van der Waals surface area contributed by atoms with Gasteiger partial charge in [0.1, 0.15) is 0 Å². The number of nitriles is 1. The van der Waals surface area contributed by atoms with Crippen molar-refractivity contribution in [3.05, 3.63) is 47.5 Å². The standard InChI is InChI=1S/C24H28N4O6/c1-24(2,12-20(29)26-17-8-6-15(14-25)7-9-17)13-21(30)27-28-23(31)16-10-18(32-3)22(34-5)19(11-16)33-4/h6-11H,12-13H2,1-5H3,(H,26,29)(H,27,30)(H,28,31). The summed E-state index contributed by atoms with van der Waals surface area (Å²) < 4.78 is 15.7. The number of rotatable bonds is 9. The molecule has 0 saturated carbocycles. The van der Waals surface area contributed by atoms with Gasteiger partial charge in [0.2, 0.25) is 17.6 Å². The van der Waals surface area contributed by atoms with E-state index in [1.54, 1.807) is 38.1 Å². The van der Waals surface area contributed by atoms with Gasteiger partial charge < -0.3 is 19.5 Å². The van der Waals surface area contributed by atoms with E-state index in [1.165, 1.54) is 33.5 Å². The number of hydrogen-bond acceptors (Lipinski definition) is 7. The molecule has 10 heteroatoms. The topological polar surface area (TPSA) is 139 Å². The van der Waals surface area contributed by atoms with Gasteiger partial charge in [0.25, 0.3) is 5.91 Å². The molecule has 180 valence electrons. The molecule has 0 fully saturated rings. The summed E-state index contributed by atoms with van der Waals surface area (Å²) in [6.07, 6.45) is 0.0601. The number of nitrogens with one attached hydrogen (secondary N) is 3. The van der Waals surface area contributed by atoms with Crippen molar-refractivity contribution < 1.29 is 28.6 Å². The number of hydrogen-bond donors (Lipinski definition) is 3. The number of anilines is 1. The molecule has 34 heavy (non-hydrogen) atoms. The zero-order valence-electron chi connectivity index (χ0n) is 19.8. The van der Waals surface area contributed by atoms with Crippen molar-refractivity contribution in [2.75, 3.05) is 26.6 Å². The Hall–Kier alpha value is -4.26. The van der Waals surface area contributed by atoms with Crippen LogP contribution in [0.25, 0.3) is 0 Å². The van der Waals surface area contributed by atoms with Gasteiger partial charge >= 0.3 is 0 Å². The van der Waals surface area contributed by atoms with E-state index in [4.69, 9.17) is 19.5 Å². The summed E-state index contributed by atoms with van der Waals surface area (Å²) in [5.41, 5.74) is 5.27. The summed E-state index contributed by atoms with van der Waals surface area (Å²) in [5, 5.41) is 11.6. The Balaban J connectivity index is 1.92. The molecule has 0 unspecified atom stereocenters. The largest absolute Gasteiger partial charge is 0.493 e. The molecule has 0 spiro atoms. The maximum Gasteiger partial charge on any atom is 0.269 e. The maximum absolute atomic E-state index is 12.5. The van der Waals surface area contributed by atoms with Crippen LogP contribution in [-0.4, -0.2) is 39.1 Å². The Morgan fingerprint density at radius 1 is 0.882 bits per heavy atom. The Morgan fingerprint density at radius 3 is 1.94 bits per heavy atom. The van der Waals surface area contributed by atoms with E-state index in [0.29, 0.717) is 28.5 Å². The molecule has 0 heterocycles. The van der Waals surface area contributed by atoms with Crippen LogP contribution in [0.1, 0.15) is 42.6 Å². The van der Waals surface area contributed by atoms with E-state index in [-0.39, 0.29) is 24.3 Å². The third kappa shape index (κ3) is 7.13. The van der Waals surface area contributed by atoms with Crippen molar-refractivity contribution in [3.8, 4) is 23.3 Å². The van der Waals surface area contributed by atoms with Crippen molar-refractivity contribution in [2.24, 2.45) is 5.41 Å². The number of amides is 3. The van der Waals surface area contributed by atoms with Gasteiger partial charge in [-0.15, -0.1) is 0 Å². The lowest BCUT2D eigenvalue weighted by Crippen LogP contribution is -2.43. The van der Waals surface area contributed by atoms with Crippen LogP contribution < -0.4 is 30.4 Å². The molecule has 10 nitrogen and oxygen atoms in total. The van der Waals surface area contributed by atoms with E-state index < -0.39 is 17.2 Å². The van der Waals surface area contributed by atoms with Crippen molar-refractivity contribution in [1.82, 2.24) is 10.9 Å². The molecule has 0 aromatic heterocycles. The molecule has 2 aromatic carbocycles. The van der Waals surface area contributed by atoms with Crippen LogP contribution in [-0.2, 0) is 9.59 Å². The van der Waals surface area contributed by atoms with Gasteiger partial charge in [0.05, 0.1) is 33.0 Å². The van der Waals surface area contributed by atoms with Gasteiger partial charge in [-0.3, -0.25) is 25.2 Å². The molecule has 0 radical (unpaired) electrons. The van der Waals surface area contributed by atoms with Gasteiger partial charge in [-0.25, -0.2) is 0 Å². The smallest absolute Gasteiger partial charge is 0.269 e. The Labute approximate surface area is 198 Å². The lowest BCUT2D eigenvalue weighted by molar-refractivity contribution is -0.124. The third-order valence-electron chi connectivity index (χ3n) is 4.82. The first-order valence-electron chi connectivity index (χ1n) is 10.3. The number of ether oxygens (including phenoxy) is 3. The zero-order chi connectivity index (χ0) is 25.3. The minimum atomic E-state index is -0.682. The number of hydrazine groups is 1.